The number of nitrogens with zero attached hydrogens (tertiary/aromatic N) is 2. The molecule has 16 unspecified atom stereocenters. The molecule has 32 heteroatoms. The van der Waals surface area contributed by atoms with Gasteiger partial charge in [-0.2, -0.15) is 11.8 Å². The highest BCUT2D eigenvalue weighted by Gasteiger charge is 2.52. The Morgan fingerprint density at radius 2 is 1.12 bits per heavy atom. The lowest BCUT2D eigenvalue weighted by atomic mass is 9.80. The molecule has 6 aliphatic rings. The quantitative estimate of drug-likeness (QED) is 0.0249. The van der Waals surface area contributed by atoms with Crippen molar-refractivity contribution >= 4 is 41.4 Å². The summed E-state index contributed by atoms with van der Waals surface area (Å²) in [5.74, 6) is 0.768. The molecule has 0 bridgehead atoms. The van der Waals surface area contributed by atoms with E-state index in [9.17, 15) is 39.3 Å². The van der Waals surface area contributed by atoms with E-state index in [1.165, 1.54) is 0 Å². The number of esters is 1. The van der Waals surface area contributed by atoms with Crippen LogP contribution >= 0.6 is 11.8 Å². The predicted molar refractivity (Wildman–Crippen MR) is 449 cm³/mol. The largest absolute Gasteiger partial charge is 0.462 e. The number of allylic oxidation sites excluding steroid dienone is 2. The van der Waals surface area contributed by atoms with E-state index in [0.29, 0.717) is 201 Å². The minimum Gasteiger partial charge on any atom is -0.462 e. The lowest BCUT2D eigenvalue weighted by molar-refractivity contribution is -0.343. The molecule has 8 N–H and O–H groups in total. The van der Waals surface area contributed by atoms with Crippen molar-refractivity contribution in [2.24, 2.45) is 23.7 Å². The normalized spacial score (nSPS) is 31.7. The van der Waals surface area contributed by atoms with Gasteiger partial charge in [0.1, 0.15) is 24.4 Å². The number of methoxy groups -OCH3 is 1. The second kappa shape index (κ2) is 59.3. The fraction of sp³-hybridized carbons (Fsp3) is 0.895. The first kappa shape index (κ1) is 103. The second-order valence-corrected chi connectivity index (χ2v) is 34.7. The predicted octanol–water partition coefficient (Wildman–Crippen LogP) is 6.16. The first-order valence-corrected chi connectivity index (χ1v) is 45.3. The number of likely N-dealkylation sites (N-methyl/N-ethyl adjacent to an activating group) is 2. The lowest BCUT2D eigenvalue weighted by Crippen LogP contribution is -2.65. The molecular formula is C86H155N7O24S. The smallest absolute Gasteiger partial charge is 0.306 e. The summed E-state index contributed by atoms with van der Waals surface area (Å²) in [6.07, 6.45) is 13.2. The minimum atomic E-state index is -1.47. The molecule has 22 atom stereocenters. The van der Waals surface area contributed by atoms with Crippen LogP contribution in [0.1, 0.15) is 183 Å². The molecule has 0 aliphatic carbocycles. The Balaban J connectivity index is 0.766. The average molecular weight is 1700 g/mol. The molecule has 118 heavy (non-hydrogen) atoms. The number of aliphatic hydroxyl groups excluding tert-OH is 2. The Kier molecular flexibility index (Phi) is 51.8. The van der Waals surface area contributed by atoms with Crippen LogP contribution in [0.25, 0.3) is 0 Å². The summed E-state index contributed by atoms with van der Waals surface area (Å²) >= 11 is 1.96. The van der Waals surface area contributed by atoms with Crippen LogP contribution in [0.5, 0.6) is 0 Å². The molecule has 0 spiro atoms. The topological polar surface area (TPSA) is 360 Å². The molecular weight excluding hydrogens is 1550 g/mol. The van der Waals surface area contributed by atoms with Crippen molar-refractivity contribution in [3.05, 3.63) is 24.3 Å². The minimum absolute atomic E-state index is 0.00765. The molecule has 0 saturated carbocycles. The van der Waals surface area contributed by atoms with Gasteiger partial charge < -0.3 is 127 Å². The fourth-order valence-corrected chi connectivity index (χ4v) is 18.0. The van der Waals surface area contributed by atoms with Gasteiger partial charge in [-0.15, -0.1) is 0 Å². The van der Waals surface area contributed by atoms with E-state index in [-0.39, 0.29) is 84.5 Å². The van der Waals surface area contributed by atoms with Crippen molar-refractivity contribution < 1.29 is 115 Å². The van der Waals surface area contributed by atoms with E-state index < -0.39 is 73.2 Å². The van der Waals surface area contributed by atoms with Crippen LogP contribution in [0.15, 0.2) is 24.3 Å². The summed E-state index contributed by atoms with van der Waals surface area (Å²) in [7, 11) is 9.51. The van der Waals surface area contributed by atoms with Gasteiger partial charge in [-0.3, -0.25) is 24.0 Å². The number of thioether (sulfide) groups is 1. The molecule has 0 aromatic carbocycles. The van der Waals surface area contributed by atoms with Gasteiger partial charge in [0, 0.05) is 89.1 Å². The van der Waals surface area contributed by atoms with E-state index in [4.69, 9.17) is 75.8 Å². The van der Waals surface area contributed by atoms with Crippen LogP contribution < -0.4 is 26.6 Å². The molecule has 6 rings (SSSR count). The monoisotopic (exact) mass is 1700 g/mol. The molecule has 4 amide bonds. The summed E-state index contributed by atoms with van der Waals surface area (Å²) in [5.41, 5.74) is -1.47. The third kappa shape index (κ3) is 40.1. The van der Waals surface area contributed by atoms with Gasteiger partial charge in [-0.05, 0) is 169 Å². The van der Waals surface area contributed by atoms with Gasteiger partial charge in [0.25, 0.3) is 0 Å². The summed E-state index contributed by atoms with van der Waals surface area (Å²) in [5, 5.41) is 50.4. The standard InChI is InChI=1S/C86H155N7O24S/c1-60-55-66(83(117-85-80(99)79(93(10)11)82(64(5)114-85)116-77-58-86(7,101)84(100)65(6)113-77)81(102-12)61(2)56-75(98)111-62(3)25-16-13-17-27-69(60)115-76-33-32-68(92(8)9)63(4)112-76)26-24-34-87-37-39-103-41-43-105-45-47-107-49-51-109-53-54-110-52-50-108-48-46-106-44-42-104-40-38-90-73(96)30-19-15-23-35-88-71(94)29-18-14-22-36-89-72(95)31-21-20-28-70-78-67(59-118-70)57-74(97)91-78/h13,16-17,27,60-70,76-85,87,99-101H,14-15,18-26,28-59H2,1-12H3,(H,88,94)(H,89,95)(H,90,96)(H,91,97)/b16-13+,27-17+/t60-,61-,62-,63?,64?,65?,66+,67?,68?,69?,70?,76?,77?,78?,79?,80?,81+,82?,83+,84?,85?,86?/m1/s1. The number of fused-ring (bicyclic) bond motifs is 1. The molecule has 0 aromatic rings. The number of ether oxygens (including phenoxy) is 16. The van der Waals surface area contributed by atoms with Crippen LogP contribution in [0, 0.1) is 23.7 Å². The number of nitrogens with one attached hydrogen (secondary N) is 5. The number of hydrogen-bond acceptors (Lipinski definition) is 28. The molecule has 5 saturated heterocycles. The number of hydrogen-bond donors (Lipinski definition) is 8. The van der Waals surface area contributed by atoms with Crippen molar-refractivity contribution in [3.63, 3.8) is 0 Å². The Hall–Kier alpha value is -3.66. The first-order valence-electron chi connectivity index (χ1n) is 44.3. The first-order chi connectivity index (χ1) is 56.8. The zero-order valence-electron chi connectivity index (χ0n) is 73.6. The Morgan fingerprint density at radius 1 is 0.568 bits per heavy atom. The highest BCUT2D eigenvalue weighted by Crippen LogP contribution is 2.41. The molecule has 0 radical (unpaired) electrons. The number of unbranched alkanes of at least 4 members (excludes halogenated alkanes) is 5. The highest BCUT2D eigenvalue weighted by atomic mass is 32.2. The van der Waals surface area contributed by atoms with Gasteiger partial charge in [0.2, 0.25) is 23.6 Å². The van der Waals surface area contributed by atoms with E-state index in [1.807, 2.05) is 69.8 Å². The van der Waals surface area contributed by atoms with Crippen LogP contribution in [0.4, 0.5) is 0 Å². The molecule has 6 heterocycles. The maximum Gasteiger partial charge on any atom is 0.306 e. The van der Waals surface area contributed by atoms with Crippen LogP contribution in [0.2, 0.25) is 0 Å². The number of rotatable bonds is 57. The number of carbonyl (C=O) groups excluding carboxylic acids is 5. The van der Waals surface area contributed by atoms with Gasteiger partial charge in [-0.1, -0.05) is 57.4 Å². The van der Waals surface area contributed by atoms with Crippen molar-refractivity contribution in [3.8, 4) is 0 Å². The molecule has 31 nitrogen and oxygen atoms in total. The van der Waals surface area contributed by atoms with Crippen molar-refractivity contribution in [1.29, 1.82) is 0 Å². The zero-order chi connectivity index (χ0) is 85.5. The van der Waals surface area contributed by atoms with Gasteiger partial charge in [0.15, 0.2) is 18.9 Å². The van der Waals surface area contributed by atoms with E-state index in [0.717, 1.165) is 82.8 Å². The maximum absolute atomic E-state index is 13.7. The lowest BCUT2D eigenvalue weighted by Gasteiger charge is -2.50. The second-order valence-electron chi connectivity index (χ2n) is 33.5. The number of cyclic esters (lactones) is 1. The fourth-order valence-electron chi connectivity index (χ4n) is 16.4. The summed E-state index contributed by atoms with van der Waals surface area (Å²) < 4.78 is 97.9. The van der Waals surface area contributed by atoms with E-state index in [1.54, 1.807) is 21.0 Å². The van der Waals surface area contributed by atoms with Crippen LogP contribution in [0.3, 0.4) is 0 Å². The molecule has 0 aromatic heterocycles. The number of carbonyl (C=O) groups is 5. The molecule has 684 valence electrons. The third-order valence-electron chi connectivity index (χ3n) is 23.0. The zero-order valence-corrected chi connectivity index (χ0v) is 74.4. The van der Waals surface area contributed by atoms with Crippen molar-refractivity contribution in [2.45, 2.75) is 292 Å². The van der Waals surface area contributed by atoms with Gasteiger partial charge in [-0.25, -0.2) is 0 Å². The highest BCUT2D eigenvalue weighted by molar-refractivity contribution is 8.00. The summed E-state index contributed by atoms with van der Waals surface area (Å²) in [6.45, 7) is 23.1. The van der Waals surface area contributed by atoms with Crippen molar-refractivity contribution in [1.82, 2.24) is 36.4 Å². The summed E-state index contributed by atoms with van der Waals surface area (Å²) in [4.78, 5) is 66.2. The van der Waals surface area contributed by atoms with Crippen LogP contribution in [-0.2, 0) is 99.8 Å². The van der Waals surface area contributed by atoms with E-state index >= 15 is 0 Å². The number of amides is 4. The maximum atomic E-state index is 13.7. The summed E-state index contributed by atoms with van der Waals surface area (Å²) in [6, 6.07) is -0.0791. The number of aliphatic hydroxyl groups is 3. The van der Waals surface area contributed by atoms with E-state index in [2.05, 4.69) is 65.5 Å². The molecule has 6 aliphatic heterocycles. The Bertz CT molecular complexity index is 2790. The third-order valence-corrected chi connectivity index (χ3v) is 24.5. The molecule has 5 fully saturated rings. The van der Waals surface area contributed by atoms with Gasteiger partial charge >= 0.3 is 5.97 Å². The Morgan fingerprint density at radius 3 is 1.67 bits per heavy atom. The van der Waals surface area contributed by atoms with Crippen LogP contribution in [-0.4, -0.2) is 343 Å². The van der Waals surface area contributed by atoms with Crippen molar-refractivity contribution in [2.75, 3.05) is 179 Å². The van der Waals surface area contributed by atoms with Gasteiger partial charge in [0.05, 0.1) is 160 Å². The average Bonchev–Trinajstić information content (AvgIpc) is 0.988. The Labute approximate surface area is 709 Å². The SMILES string of the molecule is CO[C@@H]1[C@@H](OC2OC(C)C(OC3CC(C)(O)C(O)C(C)O3)C(N(C)C)C2O)[C@@H](CCCNCCOCCOCCOCCOCCOCCOCCOCCOCCNC(=O)CCCCCNC(=O)CCCCCNC(=O)CCCCC2SCC3CC(=O)NC32)C[C@@H](C)C(OC2CCC(N(C)C)C(C)O2)/C=C/C=C/C[C@@H](C)OC(=O)C[C@H]1C.